The number of halogens is 1. The van der Waals surface area contributed by atoms with E-state index in [2.05, 4.69) is 27.8 Å². The molecular weight excluding hydrogens is 386 g/mol. The Morgan fingerprint density at radius 1 is 1.36 bits per heavy atom. The van der Waals surface area contributed by atoms with Crippen molar-refractivity contribution in [1.82, 2.24) is 0 Å². The van der Waals surface area contributed by atoms with Gasteiger partial charge in [0, 0.05) is 0 Å². The van der Waals surface area contributed by atoms with Crippen LogP contribution in [0.1, 0.15) is 18.9 Å². The number of benzene rings is 1. The topological polar surface area (TPSA) is 47.9 Å². The second kappa shape index (κ2) is 8.08. The van der Waals surface area contributed by atoms with Crippen LogP contribution < -0.4 is 9.47 Å². The third kappa shape index (κ3) is 4.08. The van der Waals surface area contributed by atoms with Crippen molar-refractivity contribution in [2.75, 3.05) is 20.0 Å². The lowest BCUT2D eigenvalue weighted by Crippen LogP contribution is -1.93. The smallest absolute Gasteiger partial charge is 0.244 e. The summed E-state index contributed by atoms with van der Waals surface area (Å²) in [6.07, 6.45) is 2.82. The van der Waals surface area contributed by atoms with Crippen LogP contribution >= 0.6 is 39.5 Å². The standard InChI is InChI=1S/C15H16BrNO3S2/c1-4-5-21-15-17-11(14(18)22-15)7-9-6-10(16)13(20-3)12(8-9)19-2/h6-8H,4-5H2,1-3H3. The molecule has 22 heavy (non-hydrogen) atoms. The highest BCUT2D eigenvalue weighted by Gasteiger charge is 2.22. The number of methoxy groups -OCH3 is 2. The molecule has 0 saturated heterocycles. The fourth-order valence-corrected chi connectivity index (χ4v) is 4.21. The van der Waals surface area contributed by atoms with E-state index in [1.165, 1.54) is 11.8 Å². The Balaban J connectivity index is 2.31. The van der Waals surface area contributed by atoms with Crippen molar-refractivity contribution >= 4 is 55.0 Å². The van der Waals surface area contributed by atoms with Gasteiger partial charge in [-0.1, -0.05) is 18.7 Å². The normalized spacial score (nSPS) is 16.1. The Hall–Kier alpha value is -0.920. The number of thioether (sulfide) groups is 2. The van der Waals surface area contributed by atoms with E-state index >= 15 is 0 Å². The lowest BCUT2D eigenvalue weighted by atomic mass is 10.1. The zero-order chi connectivity index (χ0) is 16.1. The molecule has 7 heteroatoms. The Morgan fingerprint density at radius 2 is 2.14 bits per heavy atom. The first-order chi connectivity index (χ1) is 10.6. The molecule has 0 amide bonds. The molecule has 0 N–H and O–H groups in total. The van der Waals surface area contributed by atoms with E-state index in [9.17, 15) is 4.79 Å². The molecule has 0 radical (unpaired) electrons. The summed E-state index contributed by atoms with van der Waals surface area (Å²) in [5.41, 5.74) is 1.29. The monoisotopic (exact) mass is 401 g/mol. The van der Waals surface area contributed by atoms with E-state index < -0.39 is 0 Å². The number of rotatable bonds is 5. The van der Waals surface area contributed by atoms with Gasteiger partial charge in [-0.2, -0.15) is 0 Å². The number of ether oxygens (including phenoxy) is 2. The third-order valence-corrected chi connectivity index (χ3v) is 5.59. The molecule has 1 heterocycles. The first-order valence-corrected chi connectivity index (χ1v) is 9.25. The van der Waals surface area contributed by atoms with Crippen molar-refractivity contribution in [1.29, 1.82) is 0 Å². The van der Waals surface area contributed by atoms with Crippen LogP contribution in [-0.2, 0) is 4.79 Å². The molecule has 0 aromatic heterocycles. The van der Waals surface area contributed by atoms with Crippen molar-refractivity contribution < 1.29 is 14.3 Å². The van der Waals surface area contributed by atoms with E-state index in [1.54, 1.807) is 32.1 Å². The maximum atomic E-state index is 12.0. The first-order valence-electron chi connectivity index (χ1n) is 6.66. The molecule has 0 atom stereocenters. The molecule has 0 saturated carbocycles. The lowest BCUT2D eigenvalue weighted by Gasteiger charge is -2.10. The van der Waals surface area contributed by atoms with Crippen molar-refractivity contribution in [3.05, 3.63) is 27.9 Å². The van der Waals surface area contributed by atoms with Gasteiger partial charge >= 0.3 is 0 Å². The Kier molecular flexibility index (Phi) is 6.40. The van der Waals surface area contributed by atoms with E-state index in [0.717, 1.165) is 26.6 Å². The molecule has 1 aromatic rings. The van der Waals surface area contributed by atoms with Crippen LogP contribution in [-0.4, -0.2) is 29.5 Å². The molecule has 0 aliphatic carbocycles. The highest BCUT2D eigenvalue weighted by atomic mass is 79.9. The van der Waals surface area contributed by atoms with Gasteiger partial charge in [-0.25, -0.2) is 4.99 Å². The SMILES string of the molecule is CCCSC1=NC(=Cc2cc(Br)c(OC)c(OC)c2)C(=O)S1. The van der Waals surface area contributed by atoms with Crippen LogP contribution in [0.25, 0.3) is 6.08 Å². The van der Waals surface area contributed by atoms with E-state index in [4.69, 9.17) is 9.47 Å². The molecular formula is C15H16BrNO3S2. The van der Waals surface area contributed by atoms with Gasteiger partial charge in [0.15, 0.2) is 11.5 Å². The molecule has 2 rings (SSSR count). The number of carbonyl (C=O) groups is 1. The van der Waals surface area contributed by atoms with Crippen LogP contribution in [0.3, 0.4) is 0 Å². The summed E-state index contributed by atoms with van der Waals surface area (Å²) >= 11 is 6.25. The Bertz CT molecular complexity index is 644. The maximum Gasteiger partial charge on any atom is 0.244 e. The van der Waals surface area contributed by atoms with E-state index in [-0.39, 0.29) is 5.12 Å². The van der Waals surface area contributed by atoms with E-state index in [0.29, 0.717) is 17.2 Å². The minimum atomic E-state index is -0.0236. The lowest BCUT2D eigenvalue weighted by molar-refractivity contribution is -0.107. The van der Waals surface area contributed by atoms with Gasteiger partial charge in [-0.05, 0) is 63.6 Å². The molecule has 0 bridgehead atoms. The summed E-state index contributed by atoms with van der Waals surface area (Å²) in [5.74, 6) is 2.19. The van der Waals surface area contributed by atoms with Crippen molar-refractivity contribution in [2.24, 2.45) is 4.99 Å². The Labute approximate surface area is 146 Å². The number of carbonyl (C=O) groups excluding carboxylic acids is 1. The second-order valence-corrected chi connectivity index (χ2v) is 7.54. The summed E-state index contributed by atoms with van der Waals surface area (Å²) in [5, 5.41) is -0.0236. The average Bonchev–Trinajstić information content (AvgIpc) is 2.84. The molecule has 118 valence electrons. The first kappa shape index (κ1) is 17.4. The van der Waals surface area contributed by atoms with Gasteiger partial charge < -0.3 is 9.47 Å². The number of aliphatic imine (C=N–C) groups is 1. The number of hydrogen-bond acceptors (Lipinski definition) is 6. The van der Waals surface area contributed by atoms with E-state index in [1.807, 2.05) is 12.1 Å². The van der Waals surface area contributed by atoms with Gasteiger partial charge in [0.1, 0.15) is 10.1 Å². The fourth-order valence-electron chi connectivity index (χ4n) is 1.82. The van der Waals surface area contributed by atoms with Crippen LogP contribution in [0.5, 0.6) is 11.5 Å². The molecule has 0 spiro atoms. The highest BCUT2D eigenvalue weighted by Crippen LogP contribution is 2.38. The molecule has 0 unspecified atom stereocenters. The van der Waals surface area contributed by atoms with Crippen LogP contribution in [0, 0.1) is 0 Å². The van der Waals surface area contributed by atoms with Gasteiger partial charge in [0.2, 0.25) is 5.12 Å². The van der Waals surface area contributed by atoms with Crippen molar-refractivity contribution in [2.45, 2.75) is 13.3 Å². The van der Waals surface area contributed by atoms with Crippen molar-refractivity contribution in [3.63, 3.8) is 0 Å². The summed E-state index contributed by atoms with van der Waals surface area (Å²) in [6.45, 7) is 2.10. The largest absolute Gasteiger partial charge is 0.493 e. The van der Waals surface area contributed by atoms with Gasteiger partial charge in [-0.15, -0.1) is 0 Å². The predicted molar refractivity (Wildman–Crippen MR) is 98.0 cm³/mol. The minimum absolute atomic E-state index is 0.0236. The third-order valence-electron chi connectivity index (χ3n) is 2.79. The molecule has 4 nitrogen and oxygen atoms in total. The summed E-state index contributed by atoms with van der Waals surface area (Å²) in [4.78, 5) is 16.4. The van der Waals surface area contributed by atoms with Crippen molar-refractivity contribution in [3.8, 4) is 11.5 Å². The molecule has 0 fully saturated rings. The number of nitrogens with zero attached hydrogens (tertiary/aromatic N) is 1. The minimum Gasteiger partial charge on any atom is -0.493 e. The molecule has 1 aromatic carbocycles. The zero-order valence-corrected chi connectivity index (χ0v) is 15.7. The van der Waals surface area contributed by atoms with Crippen LogP contribution in [0.15, 0.2) is 27.3 Å². The predicted octanol–water partition coefficient (Wildman–Crippen LogP) is 4.58. The number of hydrogen-bond donors (Lipinski definition) is 0. The summed E-state index contributed by atoms with van der Waals surface area (Å²) < 4.78 is 12.2. The summed E-state index contributed by atoms with van der Waals surface area (Å²) in [7, 11) is 3.16. The van der Waals surface area contributed by atoms with Gasteiger partial charge in [-0.3, -0.25) is 4.79 Å². The Morgan fingerprint density at radius 3 is 2.77 bits per heavy atom. The molecule has 1 aliphatic rings. The maximum absolute atomic E-state index is 12.0. The van der Waals surface area contributed by atoms with Gasteiger partial charge in [0.25, 0.3) is 0 Å². The second-order valence-electron chi connectivity index (χ2n) is 4.38. The highest BCUT2D eigenvalue weighted by molar-refractivity contribution is 9.10. The molecule has 1 aliphatic heterocycles. The summed E-state index contributed by atoms with van der Waals surface area (Å²) in [6, 6.07) is 3.69. The zero-order valence-electron chi connectivity index (χ0n) is 12.5. The van der Waals surface area contributed by atoms with Crippen LogP contribution in [0.4, 0.5) is 0 Å². The average molecular weight is 402 g/mol. The van der Waals surface area contributed by atoms with Gasteiger partial charge in [0.05, 0.1) is 18.7 Å². The van der Waals surface area contributed by atoms with Crippen LogP contribution in [0.2, 0.25) is 0 Å². The fraction of sp³-hybridized carbons (Fsp3) is 0.333. The quantitative estimate of drug-likeness (QED) is 0.675.